The summed E-state index contributed by atoms with van der Waals surface area (Å²) in [4.78, 5) is 46.2. The molecule has 0 saturated carbocycles. The van der Waals surface area contributed by atoms with E-state index in [4.69, 9.17) is 24.5 Å². The van der Waals surface area contributed by atoms with Crippen molar-refractivity contribution >= 4 is 45.1 Å². The molecule has 45 heavy (non-hydrogen) atoms. The Morgan fingerprint density at radius 3 is 2.24 bits per heavy atom. The van der Waals surface area contributed by atoms with E-state index in [1.54, 1.807) is 11.3 Å². The summed E-state index contributed by atoms with van der Waals surface area (Å²) in [5.41, 5.74) is 4.38. The fraction of sp³-hybridized carbons (Fsp3) is 0.314. The first-order chi connectivity index (χ1) is 21.8. The second kappa shape index (κ2) is 15.0. The second-order valence-corrected chi connectivity index (χ2v) is 12.3. The van der Waals surface area contributed by atoms with Crippen LogP contribution in [0.15, 0.2) is 72.8 Å². The highest BCUT2D eigenvalue weighted by Crippen LogP contribution is 2.40. The number of ketones is 1. The van der Waals surface area contributed by atoms with Gasteiger partial charge in [-0.25, -0.2) is 9.59 Å². The lowest BCUT2D eigenvalue weighted by Gasteiger charge is -2.15. The predicted molar refractivity (Wildman–Crippen MR) is 173 cm³/mol. The number of carboxylic acids is 2. The molecule has 6 rings (SSSR count). The molecule has 1 unspecified atom stereocenters. The van der Waals surface area contributed by atoms with Crippen LogP contribution in [0.1, 0.15) is 53.6 Å². The van der Waals surface area contributed by atoms with Gasteiger partial charge in [-0.2, -0.15) is 0 Å². The summed E-state index contributed by atoms with van der Waals surface area (Å²) in [7, 11) is 0. The minimum Gasteiger partial charge on any atom is -0.492 e. The van der Waals surface area contributed by atoms with Crippen molar-refractivity contribution in [1.82, 2.24) is 10.2 Å². The Morgan fingerprint density at radius 1 is 0.911 bits per heavy atom. The Kier molecular flexibility index (Phi) is 10.6. The van der Waals surface area contributed by atoms with Gasteiger partial charge < -0.3 is 20.3 Å². The number of carbonyl (C=O) groups is 4. The lowest BCUT2D eigenvalue weighted by atomic mass is 9.97. The number of hydrogen-bond donors (Lipinski definition) is 3. The number of aliphatic carboxylic acids is 2. The van der Waals surface area contributed by atoms with Crippen LogP contribution in [0.3, 0.4) is 0 Å². The van der Waals surface area contributed by atoms with E-state index in [0.717, 1.165) is 37.3 Å². The Labute approximate surface area is 265 Å². The largest absolute Gasteiger partial charge is 0.492 e. The molecule has 2 fully saturated rings. The normalized spacial score (nSPS) is 16.2. The van der Waals surface area contributed by atoms with Gasteiger partial charge in [-0.15, -0.1) is 11.3 Å². The molecule has 0 radical (unpaired) electrons. The summed E-state index contributed by atoms with van der Waals surface area (Å²) in [6, 6.07) is 25.0. The van der Waals surface area contributed by atoms with E-state index in [1.165, 1.54) is 52.0 Å². The van der Waals surface area contributed by atoms with E-state index in [2.05, 4.69) is 70.9 Å². The van der Waals surface area contributed by atoms with Crippen LogP contribution in [-0.4, -0.2) is 71.0 Å². The van der Waals surface area contributed by atoms with Crippen molar-refractivity contribution in [3.8, 4) is 16.2 Å². The number of amides is 1. The van der Waals surface area contributed by atoms with E-state index in [9.17, 15) is 9.59 Å². The molecular weight excluding hydrogens is 592 g/mol. The number of carbonyl (C=O) groups excluding carboxylic acids is 2. The van der Waals surface area contributed by atoms with Gasteiger partial charge in [0, 0.05) is 40.6 Å². The molecule has 10 heteroatoms. The lowest BCUT2D eigenvalue weighted by Crippen LogP contribution is -2.27. The molecule has 1 atom stereocenters. The van der Waals surface area contributed by atoms with Crippen molar-refractivity contribution in [1.29, 1.82) is 0 Å². The molecule has 4 aromatic rings. The number of hydrogen-bond acceptors (Lipinski definition) is 7. The number of nitrogens with one attached hydrogen (secondary N) is 1. The number of ether oxygens (including phenoxy) is 1. The fourth-order valence-electron chi connectivity index (χ4n) is 5.69. The smallest absolute Gasteiger partial charge is 0.414 e. The van der Waals surface area contributed by atoms with Gasteiger partial charge in [0.05, 0.1) is 0 Å². The first-order valence-corrected chi connectivity index (χ1v) is 15.9. The monoisotopic (exact) mass is 628 g/mol. The molecule has 9 nitrogen and oxygen atoms in total. The summed E-state index contributed by atoms with van der Waals surface area (Å²) in [5.74, 6) is -2.61. The Balaban J connectivity index is 0.000000609. The van der Waals surface area contributed by atoms with Gasteiger partial charge in [0.1, 0.15) is 12.4 Å². The fourth-order valence-corrected chi connectivity index (χ4v) is 6.92. The van der Waals surface area contributed by atoms with Crippen LogP contribution in [0.2, 0.25) is 0 Å². The van der Waals surface area contributed by atoms with E-state index in [-0.39, 0.29) is 17.7 Å². The maximum atomic E-state index is 12.8. The minimum absolute atomic E-state index is 0.0410. The highest BCUT2D eigenvalue weighted by molar-refractivity contribution is 7.22. The number of fused-ring (bicyclic) bond motifs is 1. The molecule has 3 heterocycles. The summed E-state index contributed by atoms with van der Waals surface area (Å²) >= 11 is 1.80. The molecule has 0 spiro atoms. The molecule has 234 valence electrons. The molecule has 3 aromatic carbocycles. The number of carboxylic acid groups (broad SMARTS) is 2. The maximum absolute atomic E-state index is 12.8. The third-order valence-corrected chi connectivity index (χ3v) is 9.31. The first kappa shape index (κ1) is 31.9. The highest BCUT2D eigenvalue weighted by atomic mass is 32.1. The maximum Gasteiger partial charge on any atom is 0.414 e. The minimum atomic E-state index is -1.82. The van der Waals surface area contributed by atoms with Gasteiger partial charge in [-0.1, -0.05) is 54.6 Å². The standard InChI is InChI=1S/C33H34N2O3S.C2H2O4/c36-30(22-26-13-16-32(37)34-26)24-9-11-25(12-10-24)33-29(28-5-1-2-6-31(28)39-33)21-23-7-14-27(15-8-23)38-20-19-35-17-3-4-18-35;3-1(4)2(5)6/h1-2,5-12,14-15,26H,3-4,13,16-22H2,(H,34,37);(H,3,4)(H,5,6). The van der Waals surface area contributed by atoms with Crippen LogP contribution in [0.5, 0.6) is 5.75 Å². The zero-order valence-electron chi connectivity index (χ0n) is 24.9. The van der Waals surface area contributed by atoms with Crippen LogP contribution in [0, 0.1) is 0 Å². The predicted octanol–water partition coefficient (Wildman–Crippen LogP) is 5.64. The van der Waals surface area contributed by atoms with Gasteiger partial charge in [-0.3, -0.25) is 14.5 Å². The molecule has 2 saturated heterocycles. The molecule has 1 aromatic heterocycles. The third-order valence-electron chi connectivity index (χ3n) is 8.05. The molecule has 1 amide bonds. The molecule has 2 aliphatic rings. The van der Waals surface area contributed by atoms with E-state index in [1.807, 2.05) is 12.1 Å². The number of likely N-dealkylation sites (tertiary alicyclic amines) is 1. The number of nitrogens with zero attached hydrogens (tertiary/aromatic N) is 1. The Bertz CT molecular complexity index is 1650. The summed E-state index contributed by atoms with van der Waals surface area (Å²) in [6.45, 7) is 4.11. The zero-order chi connectivity index (χ0) is 31.8. The third kappa shape index (κ3) is 8.55. The zero-order valence-corrected chi connectivity index (χ0v) is 25.7. The van der Waals surface area contributed by atoms with Crippen LogP contribution in [0.25, 0.3) is 20.5 Å². The summed E-state index contributed by atoms with van der Waals surface area (Å²) < 4.78 is 7.28. The van der Waals surface area contributed by atoms with Crippen molar-refractivity contribution in [2.75, 3.05) is 26.2 Å². The number of rotatable bonds is 10. The SMILES string of the molecule is O=C(O)C(=O)O.O=C1CCC(CC(=O)c2ccc(-c3sc4ccccc4c3Cc3ccc(OCCN4CCCC4)cc3)cc2)N1. The molecule has 2 aliphatic heterocycles. The quantitative estimate of drug-likeness (QED) is 0.152. The van der Waals surface area contributed by atoms with Crippen LogP contribution >= 0.6 is 11.3 Å². The molecule has 0 aliphatic carbocycles. The van der Waals surface area contributed by atoms with Crippen molar-refractivity contribution in [3.05, 3.63) is 89.5 Å². The topological polar surface area (TPSA) is 133 Å². The summed E-state index contributed by atoms with van der Waals surface area (Å²) in [5, 5.41) is 19.0. The number of Topliss-reactive ketones (excluding diaryl/α,β-unsaturated/α-hetero) is 1. The van der Waals surface area contributed by atoms with Crippen molar-refractivity contribution in [3.63, 3.8) is 0 Å². The van der Waals surface area contributed by atoms with Gasteiger partial charge in [0.2, 0.25) is 5.91 Å². The van der Waals surface area contributed by atoms with E-state index in [0.29, 0.717) is 18.4 Å². The number of benzene rings is 3. The average molecular weight is 629 g/mol. The van der Waals surface area contributed by atoms with Gasteiger partial charge in [0.15, 0.2) is 5.78 Å². The summed E-state index contributed by atoms with van der Waals surface area (Å²) in [6.07, 6.45) is 5.04. The van der Waals surface area contributed by atoms with Crippen LogP contribution in [0.4, 0.5) is 0 Å². The van der Waals surface area contributed by atoms with Gasteiger partial charge in [-0.05, 0) is 79.0 Å². The Hall–Kier alpha value is -4.54. The van der Waals surface area contributed by atoms with E-state index < -0.39 is 11.9 Å². The van der Waals surface area contributed by atoms with Crippen LogP contribution < -0.4 is 10.1 Å². The van der Waals surface area contributed by atoms with E-state index >= 15 is 0 Å². The van der Waals surface area contributed by atoms with Crippen molar-refractivity contribution < 1.29 is 34.1 Å². The highest BCUT2D eigenvalue weighted by Gasteiger charge is 2.24. The molecule has 3 N–H and O–H groups in total. The average Bonchev–Trinajstić information content (AvgIpc) is 3.79. The second-order valence-electron chi connectivity index (χ2n) is 11.2. The lowest BCUT2D eigenvalue weighted by molar-refractivity contribution is -0.159. The first-order valence-electron chi connectivity index (χ1n) is 15.1. The molecular formula is C35H36N2O7S. The van der Waals surface area contributed by atoms with Crippen molar-refractivity contribution in [2.24, 2.45) is 0 Å². The van der Waals surface area contributed by atoms with Gasteiger partial charge in [0.25, 0.3) is 0 Å². The molecule has 0 bridgehead atoms. The Morgan fingerprint density at radius 2 is 1.60 bits per heavy atom. The van der Waals surface area contributed by atoms with Crippen LogP contribution in [-0.2, 0) is 20.8 Å². The number of thiophene rings is 1. The van der Waals surface area contributed by atoms with Gasteiger partial charge >= 0.3 is 11.9 Å². The van der Waals surface area contributed by atoms with Crippen molar-refractivity contribution in [2.45, 2.75) is 44.6 Å².